The molecule has 2 fully saturated rings. The van der Waals surface area contributed by atoms with Gasteiger partial charge in [-0.3, -0.25) is 9.89 Å². The van der Waals surface area contributed by atoms with Crippen molar-refractivity contribution in [2.75, 3.05) is 24.7 Å². The molecule has 2 aromatic heterocycles. The third-order valence-electron chi connectivity index (χ3n) is 6.09. The average molecular weight is 424 g/mol. The van der Waals surface area contributed by atoms with Gasteiger partial charge in [0.1, 0.15) is 16.5 Å². The van der Waals surface area contributed by atoms with E-state index in [1.807, 2.05) is 36.6 Å². The van der Waals surface area contributed by atoms with Crippen molar-refractivity contribution in [3.63, 3.8) is 0 Å². The molecule has 1 aliphatic heterocycles. The molecule has 1 amide bonds. The van der Waals surface area contributed by atoms with Crippen molar-refractivity contribution >= 4 is 34.3 Å². The summed E-state index contributed by atoms with van der Waals surface area (Å²) in [5.74, 6) is 0.701. The fourth-order valence-electron chi connectivity index (χ4n) is 3.94. The Morgan fingerprint density at radius 2 is 2.20 bits per heavy atom. The zero-order chi connectivity index (χ0) is 20.6. The summed E-state index contributed by atoms with van der Waals surface area (Å²) < 4.78 is 5.44. The lowest BCUT2D eigenvalue weighted by molar-refractivity contribution is -0.118. The smallest absolute Gasteiger partial charge is 0.241 e. The minimum atomic E-state index is -0.408. The van der Waals surface area contributed by atoms with Crippen molar-refractivity contribution in [1.29, 1.82) is 0 Å². The summed E-state index contributed by atoms with van der Waals surface area (Å²) in [4.78, 5) is 17.4. The van der Waals surface area contributed by atoms with Gasteiger partial charge in [-0.2, -0.15) is 5.10 Å². The lowest BCUT2D eigenvalue weighted by atomic mass is 9.96. The minimum Gasteiger partial charge on any atom is -0.474 e. The van der Waals surface area contributed by atoms with Gasteiger partial charge >= 0.3 is 0 Å². The second-order valence-electron chi connectivity index (χ2n) is 7.97. The van der Waals surface area contributed by atoms with Crippen LogP contribution in [0.4, 0.5) is 5.69 Å². The molecule has 156 valence electrons. The molecule has 3 aromatic rings. The first-order valence-corrected chi connectivity index (χ1v) is 11.6. The highest BCUT2D eigenvalue weighted by molar-refractivity contribution is 8.00. The number of ether oxygens (including phenoxy) is 1. The summed E-state index contributed by atoms with van der Waals surface area (Å²) in [5.41, 5.74) is 3.41. The topological polar surface area (TPSA) is 91.9 Å². The van der Waals surface area contributed by atoms with E-state index in [2.05, 4.69) is 25.8 Å². The third-order valence-corrected chi connectivity index (χ3v) is 7.41. The second kappa shape index (κ2) is 7.92. The number of H-pyrrole nitrogens is 1. The van der Waals surface area contributed by atoms with Gasteiger partial charge in [0.2, 0.25) is 11.8 Å². The number of aromatic amines is 1. The van der Waals surface area contributed by atoms with Crippen LogP contribution in [0.3, 0.4) is 0 Å². The molecule has 1 aromatic carbocycles. The van der Waals surface area contributed by atoms with Gasteiger partial charge in [-0.05, 0) is 62.7 Å². The van der Waals surface area contributed by atoms with Crippen molar-refractivity contribution < 1.29 is 9.53 Å². The van der Waals surface area contributed by atoms with Crippen molar-refractivity contribution in [3.8, 4) is 17.1 Å². The number of amides is 1. The Morgan fingerprint density at radius 3 is 2.87 bits per heavy atom. The summed E-state index contributed by atoms with van der Waals surface area (Å²) in [6.45, 7) is 1.56. The molecule has 0 bridgehead atoms. The van der Waals surface area contributed by atoms with Crippen molar-refractivity contribution in [2.24, 2.45) is 0 Å². The van der Waals surface area contributed by atoms with Gasteiger partial charge in [0.15, 0.2) is 0 Å². The highest BCUT2D eigenvalue weighted by atomic mass is 32.2. The Labute approximate surface area is 179 Å². The molecule has 7 nitrogen and oxygen atoms in total. The van der Waals surface area contributed by atoms with Crippen LogP contribution >= 0.6 is 11.8 Å². The maximum Gasteiger partial charge on any atom is 0.241 e. The zero-order valence-electron chi connectivity index (χ0n) is 16.9. The first-order valence-electron chi connectivity index (χ1n) is 10.4. The first kappa shape index (κ1) is 19.4. The van der Waals surface area contributed by atoms with Crippen molar-refractivity contribution in [1.82, 2.24) is 20.5 Å². The highest BCUT2D eigenvalue weighted by Crippen LogP contribution is 2.33. The van der Waals surface area contributed by atoms with E-state index < -0.39 is 4.75 Å². The summed E-state index contributed by atoms with van der Waals surface area (Å²) in [5, 5.41) is 14.9. The molecule has 5 rings (SSSR count). The quantitative estimate of drug-likeness (QED) is 0.561. The van der Waals surface area contributed by atoms with E-state index in [0.717, 1.165) is 53.7 Å². The Morgan fingerprint density at radius 1 is 1.30 bits per heavy atom. The Kier molecular flexibility index (Phi) is 5.12. The van der Waals surface area contributed by atoms with E-state index in [0.29, 0.717) is 18.5 Å². The van der Waals surface area contributed by atoms with E-state index in [-0.39, 0.29) is 5.91 Å². The first-order chi connectivity index (χ1) is 14.7. The highest BCUT2D eigenvalue weighted by Gasteiger charge is 2.40. The summed E-state index contributed by atoms with van der Waals surface area (Å²) >= 11 is 1.61. The van der Waals surface area contributed by atoms with Crippen molar-refractivity contribution in [3.05, 3.63) is 36.5 Å². The van der Waals surface area contributed by atoms with E-state index >= 15 is 0 Å². The lowest BCUT2D eigenvalue weighted by Gasteiger charge is -2.25. The standard InChI is InChI=1S/C22H25N5O2S/c1-30-22(9-10-23-13-22)21(28)25-15-6-7-18-17(11-15)20(27-26-18)14-5-8-19(24-12-14)29-16-3-2-4-16/h5-8,11-12,16,23H,2-4,9-10,13H2,1H3,(H,25,28)(H,26,27)/t22-/m0/s1. The van der Waals surface area contributed by atoms with Gasteiger partial charge < -0.3 is 15.4 Å². The number of hydrogen-bond acceptors (Lipinski definition) is 6. The molecule has 1 aliphatic carbocycles. The molecule has 30 heavy (non-hydrogen) atoms. The molecule has 1 saturated heterocycles. The van der Waals surface area contributed by atoms with Crippen molar-refractivity contribution in [2.45, 2.75) is 36.5 Å². The number of carbonyl (C=O) groups is 1. The maximum atomic E-state index is 12.9. The predicted molar refractivity (Wildman–Crippen MR) is 120 cm³/mol. The van der Waals surface area contributed by atoms with Crippen LogP contribution in [0.15, 0.2) is 36.5 Å². The van der Waals surface area contributed by atoms with Crippen LogP contribution in [0.25, 0.3) is 22.2 Å². The molecule has 0 radical (unpaired) electrons. The number of anilines is 1. The second-order valence-corrected chi connectivity index (χ2v) is 9.16. The largest absolute Gasteiger partial charge is 0.474 e. The van der Waals surface area contributed by atoms with Crippen LogP contribution in [0.2, 0.25) is 0 Å². The number of fused-ring (bicyclic) bond motifs is 1. The molecular weight excluding hydrogens is 398 g/mol. The Balaban J connectivity index is 1.38. The zero-order valence-corrected chi connectivity index (χ0v) is 17.7. The molecule has 0 spiro atoms. The molecule has 1 atom stereocenters. The van der Waals surface area contributed by atoms with E-state index in [4.69, 9.17) is 4.74 Å². The molecular formula is C22H25N5O2S. The van der Waals surface area contributed by atoms with Gasteiger partial charge in [-0.15, -0.1) is 11.8 Å². The van der Waals surface area contributed by atoms with E-state index in [9.17, 15) is 4.79 Å². The normalized spacial score (nSPS) is 21.5. The van der Waals surface area contributed by atoms with Crippen LogP contribution in [0.1, 0.15) is 25.7 Å². The SMILES string of the molecule is CS[C@@]1(C(=O)Nc2ccc3[nH]nc(-c4ccc(OC5CCC5)nc4)c3c2)CCNC1. The number of carbonyl (C=O) groups excluding carboxylic acids is 1. The number of rotatable bonds is 6. The molecule has 8 heteroatoms. The molecule has 2 aliphatic rings. The Bertz CT molecular complexity index is 1060. The number of nitrogens with zero attached hydrogens (tertiary/aromatic N) is 2. The van der Waals surface area contributed by atoms with Crippen LogP contribution in [-0.2, 0) is 4.79 Å². The molecule has 1 saturated carbocycles. The van der Waals surface area contributed by atoms with Gasteiger partial charge in [0, 0.05) is 35.4 Å². The lowest BCUT2D eigenvalue weighted by Crippen LogP contribution is -2.41. The summed E-state index contributed by atoms with van der Waals surface area (Å²) in [6, 6.07) is 9.71. The minimum absolute atomic E-state index is 0.0450. The van der Waals surface area contributed by atoms with Crippen LogP contribution in [0, 0.1) is 0 Å². The Hall–Kier alpha value is -2.58. The summed E-state index contributed by atoms with van der Waals surface area (Å²) in [6.07, 6.45) is 8.37. The predicted octanol–water partition coefficient (Wildman–Crippen LogP) is 3.59. The number of hydrogen-bond donors (Lipinski definition) is 3. The number of benzene rings is 1. The monoisotopic (exact) mass is 423 g/mol. The fraction of sp³-hybridized carbons (Fsp3) is 0.409. The third kappa shape index (κ3) is 3.54. The van der Waals surface area contributed by atoms with Crippen LogP contribution in [0.5, 0.6) is 5.88 Å². The van der Waals surface area contributed by atoms with Gasteiger partial charge in [-0.25, -0.2) is 4.98 Å². The number of thioether (sulfide) groups is 1. The number of pyridine rings is 1. The number of nitrogens with one attached hydrogen (secondary N) is 3. The molecule has 3 heterocycles. The summed E-state index contributed by atoms with van der Waals surface area (Å²) in [7, 11) is 0. The van der Waals surface area contributed by atoms with Crippen LogP contribution in [-0.4, -0.2) is 51.3 Å². The fourth-order valence-corrected chi connectivity index (χ4v) is 4.73. The molecule has 0 unspecified atom stereocenters. The number of aromatic nitrogens is 3. The van der Waals surface area contributed by atoms with Crippen LogP contribution < -0.4 is 15.4 Å². The average Bonchev–Trinajstić information content (AvgIpc) is 3.39. The van der Waals surface area contributed by atoms with E-state index in [1.54, 1.807) is 18.0 Å². The van der Waals surface area contributed by atoms with Gasteiger partial charge in [-0.1, -0.05) is 0 Å². The maximum absolute atomic E-state index is 12.9. The van der Waals surface area contributed by atoms with Gasteiger partial charge in [0.25, 0.3) is 0 Å². The molecule has 3 N–H and O–H groups in total. The van der Waals surface area contributed by atoms with Gasteiger partial charge in [0.05, 0.1) is 5.52 Å². The van der Waals surface area contributed by atoms with E-state index in [1.165, 1.54) is 6.42 Å².